The van der Waals surface area contributed by atoms with Gasteiger partial charge in [-0.05, 0) is 59.9 Å². The fraction of sp³-hybridized carbons (Fsp3) is 0.387. The Morgan fingerprint density at radius 3 is 2.51 bits per heavy atom. The number of nitrogens with one attached hydrogen (secondary N) is 2. The predicted octanol–water partition coefficient (Wildman–Crippen LogP) is 7.51. The Morgan fingerprint density at radius 2 is 1.82 bits per heavy atom. The molecule has 0 aliphatic heterocycles. The summed E-state index contributed by atoms with van der Waals surface area (Å²) in [5.41, 5.74) is 2.90. The molecule has 0 fully saturated rings. The Kier molecular flexibility index (Phi) is 9.18. The molecule has 206 valence electrons. The van der Waals surface area contributed by atoms with Crippen LogP contribution in [0.5, 0.6) is 0 Å². The third kappa shape index (κ3) is 7.51. The number of amides is 2. The summed E-state index contributed by atoms with van der Waals surface area (Å²) in [7, 11) is 1.37. The van der Waals surface area contributed by atoms with Crippen molar-refractivity contribution in [1.82, 2.24) is 0 Å². The van der Waals surface area contributed by atoms with Gasteiger partial charge < -0.3 is 15.4 Å². The SMILES string of the molecule is COC(=O)c1c(NC(=O)C(Sc2cccc(NC(=O)CC(C)(C)C)c2)c2ccccc2)sc2c1CCC(C)C2. The Bertz CT molecular complexity index is 1340. The molecular formula is C31H36N2O4S2. The van der Waals surface area contributed by atoms with E-state index in [9.17, 15) is 14.4 Å². The molecule has 2 amide bonds. The number of benzene rings is 2. The first-order valence-electron chi connectivity index (χ1n) is 13.2. The van der Waals surface area contributed by atoms with E-state index in [1.165, 1.54) is 30.2 Å². The van der Waals surface area contributed by atoms with Crippen molar-refractivity contribution in [3.05, 3.63) is 76.2 Å². The van der Waals surface area contributed by atoms with Gasteiger partial charge in [0.25, 0.3) is 0 Å². The van der Waals surface area contributed by atoms with E-state index in [0.717, 1.165) is 40.2 Å². The van der Waals surface area contributed by atoms with E-state index in [1.54, 1.807) is 0 Å². The largest absolute Gasteiger partial charge is 0.465 e. The van der Waals surface area contributed by atoms with Gasteiger partial charge in [-0.3, -0.25) is 9.59 Å². The van der Waals surface area contributed by atoms with Crippen LogP contribution >= 0.6 is 23.1 Å². The molecule has 39 heavy (non-hydrogen) atoms. The highest BCUT2D eigenvalue weighted by atomic mass is 32.2. The Labute approximate surface area is 238 Å². The molecule has 2 atom stereocenters. The minimum absolute atomic E-state index is 0.0478. The van der Waals surface area contributed by atoms with Crippen molar-refractivity contribution in [2.75, 3.05) is 17.7 Å². The van der Waals surface area contributed by atoms with Gasteiger partial charge in [0.05, 0.1) is 12.7 Å². The molecule has 0 spiro atoms. The van der Waals surface area contributed by atoms with E-state index in [0.29, 0.717) is 28.6 Å². The van der Waals surface area contributed by atoms with Crippen molar-refractivity contribution in [3.63, 3.8) is 0 Å². The van der Waals surface area contributed by atoms with E-state index in [1.807, 2.05) is 75.4 Å². The number of methoxy groups -OCH3 is 1. The van der Waals surface area contributed by atoms with E-state index >= 15 is 0 Å². The van der Waals surface area contributed by atoms with Gasteiger partial charge in [-0.2, -0.15) is 0 Å². The van der Waals surface area contributed by atoms with Gasteiger partial charge in [0.1, 0.15) is 10.3 Å². The molecule has 2 unspecified atom stereocenters. The van der Waals surface area contributed by atoms with Crippen LogP contribution in [0.3, 0.4) is 0 Å². The maximum Gasteiger partial charge on any atom is 0.341 e. The van der Waals surface area contributed by atoms with Gasteiger partial charge in [0.15, 0.2) is 0 Å². The summed E-state index contributed by atoms with van der Waals surface area (Å²) in [6, 6.07) is 17.1. The van der Waals surface area contributed by atoms with E-state index in [4.69, 9.17) is 4.74 Å². The second kappa shape index (κ2) is 12.4. The molecule has 1 aromatic heterocycles. The van der Waals surface area contributed by atoms with Crippen LogP contribution in [-0.2, 0) is 27.2 Å². The number of thioether (sulfide) groups is 1. The minimum Gasteiger partial charge on any atom is -0.465 e. The first-order chi connectivity index (χ1) is 18.5. The standard InChI is InChI=1S/C31H36N2O4S2/c1-19-14-15-23-24(16-19)39-29(26(23)30(36)37-5)33-28(35)27(20-10-7-6-8-11-20)38-22-13-9-12-21(17-22)32-25(34)18-31(2,3)4/h6-13,17,19,27H,14-16,18H2,1-5H3,(H,32,34)(H,33,35). The molecule has 2 N–H and O–H groups in total. The summed E-state index contributed by atoms with van der Waals surface area (Å²) in [5, 5.41) is 6.03. The monoisotopic (exact) mass is 564 g/mol. The molecule has 0 radical (unpaired) electrons. The second-order valence-electron chi connectivity index (χ2n) is 11.3. The van der Waals surface area contributed by atoms with Crippen LogP contribution in [-0.4, -0.2) is 24.9 Å². The van der Waals surface area contributed by atoms with Crippen LogP contribution in [0.4, 0.5) is 10.7 Å². The quantitative estimate of drug-likeness (QED) is 0.219. The third-order valence-corrected chi connectivity index (χ3v) is 8.96. The molecule has 1 heterocycles. The summed E-state index contributed by atoms with van der Waals surface area (Å²) in [4.78, 5) is 41.1. The Balaban J connectivity index is 1.60. The zero-order valence-corrected chi connectivity index (χ0v) is 24.8. The van der Waals surface area contributed by atoms with Crippen molar-refractivity contribution in [3.8, 4) is 0 Å². The molecule has 0 bridgehead atoms. The fourth-order valence-corrected chi connectivity index (χ4v) is 7.19. The number of carbonyl (C=O) groups is 3. The average Bonchev–Trinajstić information content (AvgIpc) is 3.23. The van der Waals surface area contributed by atoms with Gasteiger partial charge in [-0.1, -0.05) is 64.1 Å². The number of rotatable bonds is 8. The fourth-order valence-electron chi connectivity index (χ4n) is 4.71. The number of fused-ring (bicyclic) bond motifs is 1. The zero-order valence-electron chi connectivity index (χ0n) is 23.1. The van der Waals surface area contributed by atoms with E-state index in [-0.39, 0.29) is 17.2 Å². The molecule has 3 aromatic rings. The first-order valence-corrected chi connectivity index (χ1v) is 14.9. The van der Waals surface area contributed by atoms with Gasteiger partial charge in [-0.15, -0.1) is 23.1 Å². The molecule has 6 nitrogen and oxygen atoms in total. The topological polar surface area (TPSA) is 84.5 Å². The molecule has 8 heteroatoms. The van der Waals surface area contributed by atoms with Crippen LogP contribution in [0.2, 0.25) is 0 Å². The number of ether oxygens (including phenoxy) is 1. The number of hydrogen-bond acceptors (Lipinski definition) is 6. The summed E-state index contributed by atoms with van der Waals surface area (Å²) in [5.74, 6) is -0.146. The lowest BCUT2D eigenvalue weighted by Crippen LogP contribution is -2.20. The van der Waals surface area contributed by atoms with Crippen molar-refractivity contribution >= 4 is 51.6 Å². The number of anilines is 2. The van der Waals surface area contributed by atoms with E-state index in [2.05, 4.69) is 17.6 Å². The van der Waals surface area contributed by atoms with Crippen molar-refractivity contribution in [2.45, 2.75) is 63.5 Å². The van der Waals surface area contributed by atoms with Gasteiger partial charge in [0, 0.05) is 21.9 Å². The highest BCUT2D eigenvalue weighted by Crippen LogP contribution is 2.42. The number of hydrogen-bond donors (Lipinski definition) is 2. The summed E-state index contributed by atoms with van der Waals surface area (Å²) >= 11 is 2.88. The smallest absolute Gasteiger partial charge is 0.341 e. The van der Waals surface area contributed by atoms with Crippen LogP contribution in [0, 0.1) is 11.3 Å². The third-order valence-electron chi connectivity index (χ3n) is 6.54. The normalized spacial score (nSPS) is 15.7. The maximum atomic E-state index is 13.8. The molecule has 2 aromatic carbocycles. The van der Waals surface area contributed by atoms with Crippen LogP contribution in [0.1, 0.15) is 72.1 Å². The number of esters is 1. The minimum atomic E-state index is -0.574. The van der Waals surface area contributed by atoms with Crippen molar-refractivity contribution in [2.24, 2.45) is 11.3 Å². The predicted molar refractivity (Wildman–Crippen MR) is 160 cm³/mol. The Morgan fingerprint density at radius 1 is 1.08 bits per heavy atom. The molecule has 4 rings (SSSR count). The zero-order chi connectivity index (χ0) is 28.2. The molecule has 1 aliphatic carbocycles. The maximum absolute atomic E-state index is 13.8. The van der Waals surface area contributed by atoms with Crippen molar-refractivity contribution < 1.29 is 19.1 Å². The Hall–Kier alpha value is -3.10. The van der Waals surface area contributed by atoms with Gasteiger partial charge in [0.2, 0.25) is 11.8 Å². The van der Waals surface area contributed by atoms with Gasteiger partial charge in [-0.25, -0.2) is 4.79 Å². The average molecular weight is 565 g/mol. The summed E-state index contributed by atoms with van der Waals surface area (Å²) in [6.07, 6.45) is 3.11. The van der Waals surface area contributed by atoms with Crippen LogP contribution in [0.25, 0.3) is 0 Å². The van der Waals surface area contributed by atoms with Crippen LogP contribution < -0.4 is 10.6 Å². The lowest BCUT2D eigenvalue weighted by Gasteiger charge is -2.19. The number of carbonyl (C=O) groups excluding carboxylic acids is 3. The lowest BCUT2D eigenvalue weighted by atomic mass is 9.88. The molecular weight excluding hydrogens is 528 g/mol. The second-order valence-corrected chi connectivity index (χ2v) is 13.5. The number of thiophene rings is 1. The highest BCUT2D eigenvalue weighted by molar-refractivity contribution is 8.00. The summed E-state index contributed by atoms with van der Waals surface area (Å²) < 4.78 is 5.10. The highest BCUT2D eigenvalue weighted by Gasteiger charge is 2.31. The lowest BCUT2D eigenvalue weighted by molar-refractivity contribution is -0.118. The molecule has 0 saturated carbocycles. The first kappa shape index (κ1) is 28.9. The van der Waals surface area contributed by atoms with Crippen molar-refractivity contribution in [1.29, 1.82) is 0 Å². The summed E-state index contributed by atoms with van der Waals surface area (Å²) in [6.45, 7) is 8.29. The van der Waals surface area contributed by atoms with Gasteiger partial charge >= 0.3 is 5.97 Å². The van der Waals surface area contributed by atoms with Crippen LogP contribution in [0.15, 0.2) is 59.5 Å². The molecule has 1 aliphatic rings. The van der Waals surface area contributed by atoms with E-state index < -0.39 is 11.2 Å². The molecule has 0 saturated heterocycles.